The third-order valence-corrected chi connectivity index (χ3v) is 5.50. The van der Waals surface area contributed by atoms with Crippen LogP contribution in [0.15, 0.2) is 76.5 Å². The van der Waals surface area contributed by atoms with Gasteiger partial charge in [-0.25, -0.2) is 9.18 Å². The number of alkyl halides is 3. The van der Waals surface area contributed by atoms with Crippen LogP contribution in [0.5, 0.6) is 0 Å². The highest BCUT2D eigenvalue weighted by molar-refractivity contribution is 7.99. The number of amides is 2. The number of benzene rings is 3. The summed E-state index contributed by atoms with van der Waals surface area (Å²) >= 11 is 18.0. The minimum Gasteiger partial charge on any atom is -0.445 e. The SMILES string of the molecule is Nc1cc(NC(=O)c2ccc(F)cc2)ccc1Sc1ccc(NC(=O)OCC(Cl)(Cl)Cl)cc1. The zero-order chi connectivity index (χ0) is 24.0. The molecule has 172 valence electrons. The Labute approximate surface area is 208 Å². The third-order valence-electron chi connectivity index (χ3n) is 4.07. The summed E-state index contributed by atoms with van der Waals surface area (Å²) in [6.07, 6.45) is -0.746. The fraction of sp³-hybridized carbons (Fsp3) is 0.0909. The highest BCUT2D eigenvalue weighted by Crippen LogP contribution is 2.34. The number of nitrogen functional groups attached to an aromatic ring is 1. The molecule has 0 aliphatic rings. The summed E-state index contributed by atoms with van der Waals surface area (Å²) in [6, 6.07) is 17.3. The zero-order valence-corrected chi connectivity index (χ0v) is 19.9. The van der Waals surface area contributed by atoms with Gasteiger partial charge in [0, 0.05) is 32.4 Å². The molecule has 3 aromatic rings. The molecule has 0 unspecified atom stereocenters. The molecule has 33 heavy (non-hydrogen) atoms. The van der Waals surface area contributed by atoms with Crippen molar-refractivity contribution in [2.75, 3.05) is 23.0 Å². The van der Waals surface area contributed by atoms with Gasteiger partial charge in [0.25, 0.3) is 5.91 Å². The van der Waals surface area contributed by atoms with Crippen LogP contribution in [0.1, 0.15) is 10.4 Å². The molecular formula is C22H17Cl3FN3O3S. The monoisotopic (exact) mass is 527 g/mol. The van der Waals surface area contributed by atoms with Gasteiger partial charge in [0.2, 0.25) is 3.79 Å². The molecule has 0 saturated heterocycles. The Morgan fingerprint density at radius 2 is 1.58 bits per heavy atom. The van der Waals surface area contributed by atoms with Crippen LogP contribution in [0.3, 0.4) is 0 Å². The van der Waals surface area contributed by atoms with Crippen molar-refractivity contribution in [3.63, 3.8) is 0 Å². The average Bonchev–Trinajstić information content (AvgIpc) is 2.75. The van der Waals surface area contributed by atoms with E-state index in [2.05, 4.69) is 10.6 Å². The molecule has 0 saturated carbocycles. The molecule has 0 radical (unpaired) electrons. The summed E-state index contributed by atoms with van der Waals surface area (Å²) in [5.41, 5.74) is 7.95. The Hall–Kier alpha value is -2.65. The fourth-order valence-electron chi connectivity index (χ4n) is 2.56. The number of carbonyl (C=O) groups is 2. The van der Waals surface area contributed by atoms with Crippen LogP contribution in [-0.4, -0.2) is 22.4 Å². The van der Waals surface area contributed by atoms with E-state index in [1.165, 1.54) is 36.0 Å². The van der Waals surface area contributed by atoms with E-state index in [1.54, 1.807) is 42.5 Å². The summed E-state index contributed by atoms with van der Waals surface area (Å²) in [5, 5.41) is 5.25. The lowest BCUT2D eigenvalue weighted by Gasteiger charge is -2.12. The van der Waals surface area contributed by atoms with Gasteiger partial charge in [0.05, 0.1) is 0 Å². The van der Waals surface area contributed by atoms with Gasteiger partial charge in [0.15, 0.2) is 0 Å². The Kier molecular flexibility index (Phi) is 8.31. The van der Waals surface area contributed by atoms with Crippen LogP contribution in [0.4, 0.5) is 26.2 Å². The first-order valence-corrected chi connectivity index (χ1v) is 11.3. The molecule has 0 bridgehead atoms. The van der Waals surface area contributed by atoms with Gasteiger partial charge in [-0.3, -0.25) is 10.1 Å². The van der Waals surface area contributed by atoms with Crippen molar-refractivity contribution in [2.45, 2.75) is 13.6 Å². The zero-order valence-electron chi connectivity index (χ0n) is 16.8. The summed E-state index contributed by atoms with van der Waals surface area (Å²) in [7, 11) is 0. The van der Waals surface area contributed by atoms with Crippen LogP contribution in [-0.2, 0) is 4.74 Å². The number of hydrogen-bond acceptors (Lipinski definition) is 5. The summed E-state index contributed by atoms with van der Waals surface area (Å²) in [4.78, 5) is 25.6. The Bertz CT molecular complexity index is 1140. The van der Waals surface area contributed by atoms with Crippen LogP contribution in [0.25, 0.3) is 0 Å². The van der Waals surface area contributed by atoms with Gasteiger partial charge in [-0.05, 0) is 66.7 Å². The molecule has 0 aliphatic heterocycles. The van der Waals surface area contributed by atoms with Gasteiger partial charge >= 0.3 is 6.09 Å². The molecule has 0 aliphatic carbocycles. The largest absolute Gasteiger partial charge is 0.445 e. The van der Waals surface area contributed by atoms with E-state index in [0.717, 1.165) is 9.79 Å². The number of nitrogens with one attached hydrogen (secondary N) is 2. The van der Waals surface area contributed by atoms with Crippen molar-refractivity contribution in [3.05, 3.63) is 78.1 Å². The molecule has 3 rings (SSSR count). The van der Waals surface area contributed by atoms with Crippen molar-refractivity contribution in [1.82, 2.24) is 0 Å². The van der Waals surface area contributed by atoms with Gasteiger partial charge in [-0.1, -0.05) is 46.6 Å². The lowest BCUT2D eigenvalue weighted by atomic mass is 10.2. The molecular weight excluding hydrogens is 512 g/mol. The smallest absolute Gasteiger partial charge is 0.411 e. The van der Waals surface area contributed by atoms with Gasteiger partial charge < -0.3 is 15.8 Å². The first-order valence-electron chi connectivity index (χ1n) is 9.34. The van der Waals surface area contributed by atoms with Gasteiger partial charge in [-0.2, -0.15) is 0 Å². The van der Waals surface area contributed by atoms with Gasteiger partial charge in [0.1, 0.15) is 12.4 Å². The molecule has 2 amide bonds. The Morgan fingerprint density at radius 3 is 2.18 bits per heavy atom. The van der Waals surface area contributed by atoms with E-state index in [1.807, 2.05) is 0 Å². The topological polar surface area (TPSA) is 93.5 Å². The van der Waals surface area contributed by atoms with E-state index in [-0.39, 0.29) is 12.5 Å². The van der Waals surface area contributed by atoms with Crippen LogP contribution >= 0.6 is 46.6 Å². The highest BCUT2D eigenvalue weighted by Gasteiger charge is 2.22. The number of rotatable bonds is 6. The number of halogens is 4. The van der Waals surface area contributed by atoms with Crippen molar-refractivity contribution < 1.29 is 18.7 Å². The molecule has 0 heterocycles. The molecule has 0 fully saturated rings. The maximum absolute atomic E-state index is 13.0. The summed E-state index contributed by atoms with van der Waals surface area (Å²) in [5.74, 6) is -0.786. The third kappa shape index (κ3) is 8.01. The minimum absolute atomic E-state index is 0.332. The van der Waals surface area contributed by atoms with Crippen LogP contribution in [0, 0.1) is 5.82 Å². The predicted molar refractivity (Wildman–Crippen MR) is 131 cm³/mol. The second-order valence-electron chi connectivity index (χ2n) is 6.66. The maximum Gasteiger partial charge on any atom is 0.411 e. The van der Waals surface area contributed by atoms with Gasteiger partial charge in [-0.15, -0.1) is 0 Å². The van der Waals surface area contributed by atoms with Crippen molar-refractivity contribution in [1.29, 1.82) is 0 Å². The van der Waals surface area contributed by atoms with E-state index < -0.39 is 15.7 Å². The lowest BCUT2D eigenvalue weighted by Crippen LogP contribution is -2.21. The molecule has 0 aromatic heterocycles. The second-order valence-corrected chi connectivity index (χ2v) is 10.3. The number of hydrogen-bond donors (Lipinski definition) is 3. The Morgan fingerprint density at radius 1 is 0.939 bits per heavy atom. The van der Waals surface area contributed by atoms with E-state index in [9.17, 15) is 14.0 Å². The summed E-state index contributed by atoms with van der Waals surface area (Å²) < 4.78 is 16.1. The normalized spacial score (nSPS) is 11.0. The molecule has 3 aromatic carbocycles. The van der Waals surface area contributed by atoms with E-state index in [4.69, 9.17) is 45.3 Å². The first kappa shape index (κ1) is 25.0. The number of ether oxygens (including phenoxy) is 1. The predicted octanol–water partition coefficient (Wildman–Crippen LogP) is 6.73. The van der Waals surface area contributed by atoms with Crippen LogP contribution < -0.4 is 16.4 Å². The number of carbonyl (C=O) groups excluding carboxylic acids is 2. The first-order chi connectivity index (χ1) is 15.6. The number of nitrogens with two attached hydrogens (primary N) is 1. The standard InChI is InChI=1S/C22H17Cl3FN3O3S/c23-22(24,25)12-32-21(31)29-15-5-8-17(9-6-15)33-19-10-7-16(11-18(19)27)28-20(30)13-1-3-14(26)4-2-13/h1-11H,12,27H2,(H,28,30)(H,29,31). The summed E-state index contributed by atoms with van der Waals surface area (Å²) in [6.45, 7) is -0.378. The second kappa shape index (κ2) is 11.0. The van der Waals surface area contributed by atoms with E-state index >= 15 is 0 Å². The van der Waals surface area contributed by atoms with Crippen molar-refractivity contribution in [3.8, 4) is 0 Å². The molecule has 0 spiro atoms. The molecule has 11 heteroatoms. The minimum atomic E-state index is -1.68. The molecule has 0 atom stereocenters. The van der Waals surface area contributed by atoms with E-state index in [0.29, 0.717) is 22.6 Å². The quantitative estimate of drug-likeness (QED) is 0.244. The van der Waals surface area contributed by atoms with Crippen molar-refractivity contribution >= 4 is 75.6 Å². The average molecular weight is 529 g/mol. The fourth-order valence-corrected chi connectivity index (χ4v) is 3.56. The maximum atomic E-state index is 13.0. The lowest BCUT2D eigenvalue weighted by molar-refractivity contribution is 0.102. The van der Waals surface area contributed by atoms with Crippen molar-refractivity contribution in [2.24, 2.45) is 0 Å². The molecule has 4 N–H and O–H groups in total. The Balaban J connectivity index is 1.58. The highest BCUT2D eigenvalue weighted by atomic mass is 35.6. The molecule has 6 nitrogen and oxygen atoms in total. The van der Waals surface area contributed by atoms with Crippen LogP contribution in [0.2, 0.25) is 0 Å². The number of anilines is 3.